The van der Waals surface area contributed by atoms with E-state index in [1.807, 2.05) is 35.7 Å². The number of nitrogens with zero attached hydrogens (tertiary/aromatic N) is 2. The fraction of sp³-hybridized carbons (Fsp3) is 0.227. The second kappa shape index (κ2) is 8.55. The van der Waals surface area contributed by atoms with E-state index in [1.165, 1.54) is 0 Å². The Kier molecular flexibility index (Phi) is 5.69. The highest BCUT2D eigenvalue weighted by Crippen LogP contribution is 2.44. The number of rotatable bonds is 6. The third-order valence-electron chi connectivity index (χ3n) is 5.02. The van der Waals surface area contributed by atoms with Crippen molar-refractivity contribution in [2.45, 2.75) is 12.0 Å². The van der Waals surface area contributed by atoms with E-state index in [0.717, 1.165) is 10.4 Å². The van der Waals surface area contributed by atoms with E-state index in [1.54, 1.807) is 53.9 Å². The number of aromatic nitrogens is 1. The van der Waals surface area contributed by atoms with Crippen LogP contribution in [0.2, 0.25) is 0 Å². The van der Waals surface area contributed by atoms with Crippen molar-refractivity contribution in [3.05, 3.63) is 82.3 Å². The van der Waals surface area contributed by atoms with Gasteiger partial charge >= 0.3 is 0 Å². The number of carbonyl (C=O) groups excluding carboxylic acids is 2. The van der Waals surface area contributed by atoms with Crippen molar-refractivity contribution in [3.63, 3.8) is 0 Å². The number of thiophene rings is 1. The van der Waals surface area contributed by atoms with Crippen LogP contribution < -0.4 is 5.32 Å². The molecule has 1 aliphatic heterocycles. The summed E-state index contributed by atoms with van der Waals surface area (Å²) in [7, 11) is 1.61. The molecule has 0 saturated carbocycles. The van der Waals surface area contributed by atoms with Crippen molar-refractivity contribution >= 4 is 28.8 Å². The molecule has 29 heavy (non-hydrogen) atoms. The Morgan fingerprint density at radius 2 is 2.07 bits per heavy atom. The Labute approximate surface area is 173 Å². The first kappa shape index (κ1) is 19.3. The summed E-state index contributed by atoms with van der Waals surface area (Å²) in [5.41, 5.74) is 1.92. The molecule has 0 fully saturated rings. The van der Waals surface area contributed by atoms with Gasteiger partial charge in [0, 0.05) is 30.3 Å². The molecule has 0 aliphatic carbocycles. The van der Waals surface area contributed by atoms with Crippen molar-refractivity contribution in [1.29, 1.82) is 0 Å². The molecule has 2 amide bonds. The van der Waals surface area contributed by atoms with E-state index in [9.17, 15) is 9.59 Å². The summed E-state index contributed by atoms with van der Waals surface area (Å²) in [6.45, 7) is 0.801. The van der Waals surface area contributed by atoms with E-state index >= 15 is 0 Å². The lowest BCUT2D eigenvalue weighted by Crippen LogP contribution is -2.47. The van der Waals surface area contributed by atoms with Crippen LogP contribution in [0, 0.1) is 0 Å². The number of pyridine rings is 1. The number of hydrogen-bond acceptors (Lipinski definition) is 5. The van der Waals surface area contributed by atoms with Gasteiger partial charge in [0.1, 0.15) is 0 Å². The molecule has 2 atom stereocenters. The minimum atomic E-state index is -0.542. The maximum Gasteiger partial charge on any atom is 0.254 e. The van der Waals surface area contributed by atoms with Crippen LogP contribution in [-0.2, 0) is 9.53 Å². The zero-order valence-electron chi connectivity index (χ0n) is 15.9. The molecule has 3 heterocycles. The van der Waals surface area contributed by atoms with Crippen LogP contribution in [0.25, 0.3) is 0 Å². The van der Waals surface area contributed by atoms with Gasteiger partial charge in [-0.25, -0.2) is 0 Å². The maximum atomic E-state index is 13.5. The van der Waals surface area contributed by atoms with Crippen LogP contribution in [-0.4, -0.2) is 42.0 Å². The monoisotopic (exact) mass is 407 g/mol. The molecule has 0 saturated heterocycles. The van der Waals surface area contributed by atoms with Crippen LogP contribution in [0.15, 0.2) is 66.3 Å². The van der Waals surface area contributed by atoms with Crippen molar-refractivity contribution in [1.82, 2.24) is 9.88 Å². The number of carbonyl (C=O) groups is 2. The highest BCUT2D eigenvalue weighted by atomic mass is 32.1. The van der Waals surface area contributed by atoms with Crippen molar-refractivity contribution in [2.75, 3.05) is 25.6 Å². The standard InChI is InChI=1S/C22H21N3O3S/c1-28-12-11-25-20(18-9-5-13-29-18)19(16-7-2-3-8-17(16)22(25)27)21(26)24-15-6-4-10-23-14-15/h2-10,13-14,19-20H,11-12H2,1H3,(H,24,26). The van der Waals surface area contributed by atoms with Gasteiger partial charge in [-0.05, 0) is 35.2 Å². The molecule has 2 unspecified atom stereocenters. The van der Waals surface area contributed by atoms with Gasteiger partial charge in [0.05, 0.1) is 30.5 Å². The van der Waals surface area contributed by atoms with Crippen molar-refractivity contribution < 1.29 is 14.3 Å². The number of hydrogen-bond donors (Lipinski definition) is 1. The van der Waals surface area contributed by atoms with Crippen LogP contribution >= 0.6 is 11.3 Å². The first-order valence-electron chi connectivity index (χ1n) is 9.34. The molecule has 148 valence electrons. The zero-order chi connectivity index (χ0) is 20.2. The zero-order valence-corrected chi connectivity index (χ0v) is 16.8. The quantitative estimate of drug-likeness (QED) is 0.676. The fourth-order valence-corrected chi connectivity index (χ4v) is 4.62. The molecule has 7 heteroatoms. The maximum absolute atomic E-state index is 13.5. The summed E-state index contributed by atoms with van der Waals surface area (Å²) in [4.78, 5) is 33.5. The lowest BCUT2D eigenvalue weighted by Gasteiger charge is -2.41. The molecule has 1 aromatic carbocycles. The lowest BCUT2D eigenvalue weighted by molar-refractivity contribution is -0.119. The molecule has 0 bridgehead atoms. The number of methoxy groups -OCH3 is 1. The first-order valence-corrected chi connectivity index (χ1v) is 10.2. The molecule has 6 nitrogen and oxygen atoms in total. The Balaban J connectivity index is 1.80. The summed E-state index contributed by atoms with van der Waals surface area (Å²) in [6.07, 6.45) is 3.27. The summed E-state index contributed by atoms with van der Waals surface area (Å²) >= 11 is 1.54. The van der Waals surface area contributed by atoms with Gasteiger partial charge in [0.15, 0.2) is 0 Å². The second-order valence-corrected chi connectivity index (χ2v) is 7.73. The number of nitrogens with one attached hydrogen (secondary N) is 1. The van der Waals surface area contributed by atoms with Crippen LogP contribution in [0.1, 0.15) is 32.8 Å². The van der Waals surface area contributed by atoms with E-state index in [2.05, 4.69) is 10.3 Å². The van der Waals surface area contributed by atoms with E-state index in [0.29, 0.717) is 24.4 Å². The fourth-order valence-electron chi connectivity index (χ4n) is 3.74. The highest BCUT2D eigenvalue weighted by molar-refractivity contribution is 7.10. The molecule has 1 N–H and O–H groups in total. The molecular formula is C22H21N3O3S. The molecule has 2 aromatic heterocycles. The predicted octanol–water partition coefficient (Wildman–Crippen LogP) is 3.71. The minimum absolute atomic E-state index is 0.0820. The highest BCUT2D eigenvalue weighted by Gasteiger charge is 2.44. The smallest absolute Gasteiger partial charge is 0.254 e. The third-order valence-corrected chi connectivity index (χ3v) is 5.96. The summed E-state index contributed by atoms with van der Waals surface area (Å²) in [6, 6.07) is 14.4. The molecule has 0 radical (unpaired) electrons. The predicted molar refractivity (Wildman–Crippen MR) is 112 cm³/mol. The molecule has 4 rings (SSSR count). The number of benzene rings is 1. The lowest BCUT2D eigenvalue weighted by atomic mass is 9.81. The SMILES string of the molecule is COCCN1C(=O)c2ccccc2C(C(=O)Nc2cccnc2)C1c1cccs1. The largest absolute Gasteiger partial charge is 0.383 e. The van der Waals surface area contributed by atoms with Gasteiger partial charge in [-0.2, -0.15) is 0 Å². The Bertz CT molecular complexity index is 992. The van der Waals surface area contributed by atoms with E-state index < -0.39 is 12.0 Å². The number of anilines is 1. The summed E-state index contributed by atoms with van der Waals surface area (Å²) in [5.74, 6) is -0.792. The second-order valence-electron chi connectivity index (χ2n) is 6.75. The first-order chi connectivity index (χ1) is 14.2. The van der Waals surface area contributed by atoms with Gasteiger partial charge in [0.25, 0.3) is 5.91 Å². The average Bonchev–Trinajstić information content (AvgIpc) is 3.28. The van der Waals surface area contributed by atoms with Gasteiger partial charge in [-0.15, -0.1) is 11.3 Å². The minimum Gasteiger partial charge on any atom is -0.383 e. The van der Waals surface area contributed by atoms with Crippen LogP contribution in [0.4, 0.5) is 5.69 Å². The Morgan fingerprint density at radius 3 is 2.79 bits per heavy atom. The topological polar surface area (TPSA) is 71.5 Å². The Hall–Kier alpha value is -3.03. The molecule has 1 aliphatic rings. The number of ether oxygens (including phenoxy) is 1. The average molecular weight is 407 g/mol. The van der Waals surface area contributed by atoms with Crippen LogP contribution in [0.3, 0.4) is 0 Å². The van der Waals surface area contributed by atoms with E-state index in [-0.39, 0.29) is 11.8 Å². The molecule has 3 aromatic rings. The molecule has 0 spiro atoms. The van der Waals surface area contributed by atoms with Crippen molar-refractivity contribution in [2.24, 2.45) is 0 Å². The summed E-state index contributed by atoms with van der Waals surface area (Å²) in [5, 5.41) is 4.93. The summed E-state index contributed by atoms with van der Waals surface area (Å²) < 4.78 is 5.24. The number of amides is 2. The molecular weight excluding hydrogens is 386 g/mol. The third kappa shape index (κ3) is 3.79. The van der Waals surface area contributed by atoms with Gasteiger partial charge in [-0.1, -0.05) is 24.3 Å². The van der Waals surface area contributed by atoms with Crippen molar-refractivity contribution in [3.8, 4) is 0 Å². The van der Waals surface area contributed by atoms with Gasteiger partial charge in [-0.3, -0.25) is 14.6 Å². The van der Waals surface area contributed by atoms with Crippen LogP contribution in [0.5, 0.6) is 0 Å². The Morgan fingerprint density at radius 1 is 1.21 bits per heavy atom. The van der Waals surface area contributed by atoms with Gasteiger partial charge < -0.3 is 15.0 Å². The normalized spacial score (nSPS) is 18.4. The number of fused-ring (bicyclic) bond motifs is 1. The van der Waals surface area contributed by atoms with Gasteiger partial charge in [0.2, 0.25) is 5.91 Å². The van der Waals surface area contributed by atoms with E-state index in [4.69, 9.17) is 4.74 Å².